The van der Waals surface area contributed by atoms with Crippen LogP contribution in [-0.4, -0.2) is 72.9 Å². The molecule has 254 valence electrons. The van der Waals surface area contributed by atoms with Gasteiger partial charge in [0.15, 0.2) is 0 Å². The molecule has 8 nitrogen and oxygen atoms in total. The summed E-state index contributed by atoms with van der Waals surface area (Å²) in [5, 5.41) is -2.53. The van der Waals surface area contributed by atoms with E-state index in [1.54, 1.807) is 0 Å². The summed E-state index contributed by atoms with van der Waals surface area (Å²) in [6.45, 7) is 0. The minimum absolute atomic E-state index is 0.868. The summed E-state index contributed by atoms with van der Waals surface area (Å²) < 4.78 is 248. The van der Waals surface area contributed by atoms with Crippen molar-refractivity contribution in [1.29, 1.82) is 0 Å². The maximum Gasteiger partial charge on any atom is 0.460 e. The quantitative estimate of drug-likeness (QED) is 0.0254. The number of rotatable bonds is 19. The van der Waals surface area contributed by atoms with Crippen LogP contribution in [-0.2, 0) is 29.0 Å². The fourth-order valence-electron chi connectivity index (χ4n) is 2.21. The van der Waals surface area contributed by atoms with Crippen LogP contribution in [0.15, 0.2) is 0 Å². The van der Waals surface area contributed by atoms with Gasteiger partial charge in [0.05, 0.1) is 0 Å². The second-order valence-electron chi connectivity index (χ2n) is 7.59. The highest BCUT2D eigenvalue weighted by atomic mass is 127. The average molecular weight is 930 g/mol. The zero-order valence-corrected chi connectivity index (χ0v) is 24.9. The molecule has 0 aliphatic carbocycles. The molecule has 0 aromatic rings. The van der Waals surface area contributed by atoms with Gasteiger partial charge in [0.2, 0.25) is 0 Å². The molecule has 0 aromatic heterocycles. The summed E-state index contributed by atoms with van der Waals surface area (Å²) in [7, 11) is -7.18. The molecule has 42 heavy (non-hydrogen) atoms. The summed E-state index contributed by atoms with van der Waals surface area (Å²) in [6, 6.07) is 0. The van der Waals surface area contributed by atoms with Gasteiger partial charge in [-0.3, -0.25) is 4.55 Å². The molecule has 0 fully saturated rings. The number of hydrogen-bond acceptors (Lipinski definition) is 8. The maximum atomic E-state index is 13.9. The highest BCUT2D eigenvalue weighted by molar-refractivity contribution is 14.1. The molecule has 2 N–H and O–H groups in total. The van der Waals surface area contributed by atoms with E-state index in [1.807, 2.05) is 4.74 Å². The van der Waals surface area contributed by atoms with Crippen LogP contribution in [0, 0.1) is 0 Å². The molecule has 0 spiro atoms. The Bertz CT molecular complexity index is 1000. The van der Waals surface area contributed by atoms with Crippen LogP contribution in [0.4, 0.5) is 70.2 Å². The van der Waals surface area contributed by atoms with Crippen LogP contribution < -0.4 is 0 Å². The number of hydrogen-bond donors (Lipinski definition) is 2. The van der Waals surface area contributed by atoms with Crippen LogP contribution in [0.2, 0.25) is 0 Å². The first-order chi connectivity index (χ1) is 18.2. The topological polar surface area (TPSA) is 112 Å². The summed E-state index contributed by atoms with van der Waals surface area (Å²) in [5.41, 5.74) is 0. The number of alkyl halides is 18. The molecule has 0 amide bonds. The molecule has 0 saturated heterocycles. The van der Waals surface area contributed by atoms with Crippen molar-refractivity contribution < 1.29 is 107 Å². The average Bonchev–Trinajstić information content (AvgIpc) is 2.73. The number of halogens is 18. The third kappa shape index (κ3) is 10.5. The van der Waals surface area contributed by atoms with Gasteiger partial charge in [-0.15, -0.1) is 4.33 Å². The van der Waals surface area contributed by atoms with E-state index >= 15 is 0 Å². The van der Waals surface area contributed by atoms with Gasteiger partial charge in [0.25, 0.3) is 0 Å². The van der Waals surface area contributed by atoms with Gasteiger partial charge in [-0.2, -0.15) is 78.7 Å². The standard InChI is InChI=1S/C14H12F16I2O8S2/c15-7(16,9(19,20)37-11(23,24)13(27,28)41-40-39-33)3-5(31)1-2-6(32)4-8(17,18)10(21,22)38-12(25,26)14(29,30)42(34,35)36/h5-6,33H,1-4H2,(H,34,35,36). The monoisotopic (exact) mass is 930 g/mol. The Morgan fingerprint density at radius 2 is 0.976 bits per heavy atom. The van der Waals surface area contributed by atoms with Gasteiger partial charge < -0.3 is 0 Å². The fourth-order valence-corrected chi connectivity index (χ4v) is 4.63. The third-order valence-corrected chi connectivity index (χ3v) is 7.87. The lowest BCUT2D eigenvalue weighted by atomic mass is 10.0. The lowest BCUT2D eigenvalue weighted by Gasteiger charge is -2.33. The number of ether oxygens (including phenoxy) is 2. The first-order valence-corrected chi connectivity index (χ1v) is 14.2. The molecule has 0 radical (unpaired) electrons. The van der Waals surface area contributed by atoms with E-state index in [1.165, 1.54) is 0 Å². The van der Waals surface area contributed by atoms with Gasteiger partial charge in [-0.05, 0) is 12.8 Å². The Labute approximate surface area is 254 Å². The van der Waals surface area contributed by atoms with Crippen molar-refractivity contribution in [3.63, 3.8) is 0 Å². The molecule has 0 aliphatic heterocycles. The molecule has 0 aromatic carbocycles. The molecular formula is C14H12F16I2O8S2. The van der Waals surface area contributed by atoms with Gasteiger partial charge in [-0.1, -0.05) is 50.2 Å². The highest BCUT2D eigenvalue weighted by Gasteiger charge is 2.74. The molecule has 0 bridgehead atoms. The minimum atomic E-state index is -7.18. The molecular weight excluding hydrogens is 918 g/mol. The van der Waals surface area contributed by atoms with Gasteiger partial charge in [0.1, 0.15) is 12.0 Å². The lowest BCUT2D eigenvalue weighted by molar-refractivity contribution is -0.461. The van der Waals surface area contributed by atoms with E-state index in [-0.39, 0.29) is 0 Å². The predicted octanol–water partition coefficient (Wildman–Crippen LogP) is 7.97. The van der Waals surface area contributed by atoms with E-state index < -0.39 is 102 Å². The Balaban J connectivity index is 5.40. The molecule has 0 heterocycles. The van der Waals surface area contributed by atoms with Crippen molar-refractivity contribution in [2.45, 2.75) is 80.3 Å². The van der Waals surface area contributed by atoms with Crippen LogP contribution >= 0.6 is 57.2 Å². The minimum Gasteiger partial charge on any atom is -0.281 e. The Kier molecular flexibility index (Phi) is 14.2. The maximum absolute atomic E-state index is 13.9. The smallest absolute Gasteiger partial charge is 0.281 e. The van der Waals surface area contributed by atoms with E-state index in [2.05, 4.69) is 14.1 Å². The summed E-state index contributed by atoms with van der Waals surface area (Å²) in [4.78, 5) is 0. The molecule has 2 atom stereocenters. The van der Waals surface area contributed by atoms with Gasteiger partial charge in [0, 0.05) is 20.7 Å². The van der Waals surface area contributed by atoms with Crippen LogP contribution in [0.25, 0.3) is 0 Å². The van der Waals surface area contributed by atoms with Crippen molar-refractivity contribution >= 4 is 67.3 Å². The summed E-state index contributed by atoms with van der Waals surface area (Å²) in [6.07, 6.45) is -32.7. The van der Waals surface area contributed by atoms with Crippen molar-refractivity contribution in [1.82, 2.24) is 0 Å². The zero-order chi connectivity index (χ0) is 34.0. The van der Waals surface area contributed by atoms with Gasteiger partial charge >= 0.3 is 56.9 Å². The first kappa shape index (κ1) is 42.4. The second kappa shape index (κ2) is 14.0. The van der Waals surface area contributed by atoms with Crippen molar-refractivity contribution in [2.24, 2.45) is 0 Å². The highest BCUT2D eigenvalue weighted by Crippen LogP contribution is 2.52. The van der Waals surface area contributed by atoms with Gasteiger partial charge in [-0.25, -0.2) is 14.7 Å². The summed E-state index contributed by atoms with van der Waals surface area (Å²) in [5.74, 6) is -11.5. The molecule has 2 unspecified atom stereocenters. The lowest BCUT2D eigenvalue weighted by Crippen LogP contribution is -2.56. The van der Waals surface area contributed by atoms with E-state index in [4.69, 9.17) is 9.81 Å². The normalized spacial score (nSPS) is 17.0. The van der Waals surface area contributed by atoms with Crippen molar-refractivity contribution in [3.05, 3.63) is 0 Å². The summed E-state index contributed by atoms with van der Waals surface area (Å²) >= 11 is -0.0599. The fraction of sp³-hybridized carbons (Fsp3) is 1.00. The second-order valence-corrected chi connectivity index (χ2v) is 13.4. The van der Waals surface area contributed by atoms with Crippen molar-refractivity contribution in [3.8, 4) is 0 Å². The molecule has 0 aliphatic rings. The Hall–Kier alpha value is 0.400. The third-order valence-electron chi connectivity index (χ3n) is 4.28. The molecule has 0 saturated carbocycles. The Morgan fingerprint density at radius 1 is 0.643 bits per heavy atom. The van der Waals surface area contributed by atoms with E-state index in [0.29, 0.717) is 0 Å². The van der Waals surface area contributed by atoms with E-state index in [9.17, 15) is 78.7 Å². The molecule has 28 heteroatoms. The first-order valence-electron chi connectivity index (χ1n) is 9.56. The van der Waals surface area contributed by atoms with Crippen LogP contribution in [0.3, 0.4) is 0 Å². The van der Waals surface area contributed by atoms with E-state index in [0.717, 1.165) is 45.2 Å². The largest absolute Gasteiger partial charge is 0.460 e. The molecule has 0 rings (SSSR count). The Morgan fingerprint density at radius 3 is 1.29 bits per heavy atom. The van der Waals surface area contributed by atoms with Crippen LogP contribution in [0.5, 0.6) is 0 Å². The van der Waals surface area contributed by atoms with Crippen LogP contribution in [0.1, 0.15) is 25.7 Å². The van der Waals surface area contributed by atoms with Crippen molar-refractivity contribution in [2.75, 3.05) is 0 Å². The zero-order valence-electron chi connectivity index (χ0n) is 18.9. The SMILES string of the molecule is O=S(=O)(O)C(F)(F)C(F)(F)OC(F)(F)C(F)(F)CC(I)CCC(I)CC(F)(F)C(F)(F)OC(F)(F)C(F)(F)SOOO. The predicted molar refractivity (Wildman–Crippen MR) is 120 cm³/mol.